The Morgan fingerprint density at radius 1 is 1.29 bits per heavy atom. The number of methoxy groups -OCH3 is 2. The van der Waals surface area contributed by atoms with E-state index in [-0.39, 0.29) is 11.2 Å². The number of carbonyl (C=O) groups excluding carboxylic acids is 1. The van der Waals surface area contributed by atoms with Crippen LogP contribution in [0.1, 0.15) is 46.5 Å². The zero-order valence-electron chi connectivity index (χ0n) is 15.4. The summed E-state index contributed by atoms with van der Waals surface area (Å²) in [6.07, 6.45) is 5.44. The molecule has 2 rings (SSSR count). The minimum atomic E-state index is 0.248. The Morgan fingerprint density at radius 2 is 2.04 bits per heavy atom. The lowest BCUT2D eigenvalue weighted by Gasteiger charge is -2.36. The van der Waals surface area contributed by atoms with E-state index >= 15 is 0 Å². The summed E-state index contributed by atoms with van der Waals surface area (Å²) in [6.45, 7) is 6.82. The number of Topliss-reactive ketones (excluding diaryl/α,β-unsaturated/α-hetero) is 1. The predicted octanol–water partition coefficient (Wildman–Crippen LogP) is 4.81. The molecule has 1 N–H and O–H groups in total. The molecule has 0 spiro atoms. The molecule has 0 saturated heterocycles. The maximum Gasteiger partial charge on any atom is 0.160 e. The Morgan fingerprint density at radius 3 is 2.67 bits per heavy atom. The lowest BCUT2D eigenvalue weighted by molar-refractivity contribution is -0.117. The summed E-state index contributed by atoms with van der Waals surface area (Å²) >= 11 is 0. The Hall–Kier alpha value is -1.97. The van der Waals surface area contributed by atoms with Gasteiger partial charge in [0.05, 0.1) is 19.9 Å². The van der Waals surface area contributed by atoms with Crippen molar-refractivity contribution in [2.45, 2.75) is 46.5 Å². The van der Waals surface area contributed by atoms with Crippen molar-refractivity contribution >= 4 is 11.5 Å². The number of allylic oxidation sites excluding steroid dienone is 1. The van der Waals surface area contributed by atoms with Crippen LogP contribution in [0, 0.1) is 11.3 Å². The van der Waals surface area contributed by atoms with Gasteiger partial charge in [0.25, 0.3) is 0 Å². The smallest absolute Gasteiger partial charge is 0.160 e. The lowest BCUT2D eigenvalue weighted by Crippen LogP contribution is -2.29. The van der Waals surface area contributed by atoms with Crippen LogP contribution in [0.2, 0.25) is 0 Å². The number of hydrogen-bond donors (Lipinski definition) is 1. The predicted molar refractivity (Wildman–Crippen MR) is 97.7 cm³/mol. The van der Waals surface area contributed by atoms with Crippen LogP contribution < -0.4 is 14.8 Å². The van der Waals surface area contributed by atoms with Crippen molar-refractivity contribution < 1.29 is 14.3 Å². The summed E-state index contributed by atoms with van der Waals surface area (Å²) in [5.74, 6) is 2.23. The van der Waals surface area contributed by atoms with Gasteiger partial charge in [0.15, 0.2) is 5.78 Å². The second-order valence-corrected chi connectivity index (χ2v) is 7.09. The van der Waals surface area contributed by atoms with Gasteiger partial charge in [0.2, 0.25) is 0 Å². The highest BCUT2D eigenvalue weighted by molar-refractivity contribution is 5.96. The maximum absolute atomic E-state index is 12.3. The average molecular weight is 331 g/mol. The topological polar surface area (TPSA) is 47.6 Å². The third kappa shape index (κ3) is 4.11. The molecule has 1 aromatic rings. The van der Waals surface area contributed by atoms with E-state index in [9.17, 15) is 4.79 Å². The van der Waals surface area contributed by atoms with Crippen molar-refractivity contribution in [3.63, 3.8) is 0 Å². The molecule has 132 valence electrons. The molecule has 1 aliphatic rings. The quantitative estimate of drug-likeness (QED) is 0.760. The highest BCUT2D eigenvalue weighted by Crippen LogP contribution is 2.41. The third-order valence-electron chi connectivity index (χ3n) is 5.37. The minimum absolute atomic E-state index is 0.248. The number of rotatable bonds is 6. The highest BCUT2D eigenvalue weighted by atomic mass is 16.5. The second-order valence-electron chi connectivity index (χ2n) is 7.09. The second kappa shape index (κ2) is 7.73. The Bertz CT molecular complexity index is 619. The SMILES string of the molecule is CCC(C)(C)[C@@H]1CCC(=O)/C(=C/Nc2ccc(OC)cc2OC)C1. The van der Waals surface area contributed by atoms with Crippen LogP contribution in [0.5, 0.6) is 11.5 Å². The van der Waals surface area contributed by atoms with Crippen LogP contribution in [0.3, 0.4) is 0 Å². The first-order valence-corrected chi connectivity index (χ1v) is 8.62. The first-order chi connectivity index (χ1) is 11.4. The van der Waals surface area contributed by atoms with Gasteiger partial charge in [-0.25, -0.2) is 0 Å². The molecule has 1 atom stereocenters. The Kier molecular flexibility index (Phi) is 5.92. The molecule has 0 amide bonds. The van der Waals surface area contributed by atoms with Crippen molar-refractivity contribution in [2.24, 2.45) is 11.3 Å². The standard InChI is InChI=1S/C20H29NO3/c1-6-20(2,3)15-7-10-18(22)14(11-15)13-21-17-9-8-16(23-4)12-19(17)24-5/h8-9,12-13,15,21H,6-7,10-11H2,1-5H3/b14-13+/t15-/m1/s1. The summed E-state index contributed by atoms with van der Waals surface area (Å²) in [5.41, 5.74) is 1.97. The van der Waals surface area contributed by atoms with Gasteiger partial charge in [-0.3, -0.25) is 4.79 Å². The van der Waals surface area contributed by atoms with Crippen LogP contribution in [-0.2, 0) is 4.79 Å². The fourth-order valence-electron chi connectivity index (χ4n) is 3.12. The molecule has 24 heavy (non-hydrogen) atoms. The molecule has 0 aliphatic heterocycles. The van der Waals surface area contributed by atoms with E-state index in [0.717, 1.165) is 36.3 Å². The molecule has 0 aromatic heterocycles. The van der Waals surface area contributed by atoms with E-state index in [1.54, 1.807) is 14.2 Å². The zero-order valence-corrected chi connectivity index (χ0v) is 15.4. The molecular weight excluding hydrogens is 302 g/mol. The molecular formula is C20H29NO3. The van der Waals surface area contributed by atoms with E-state index in [4.69, 9.17) is 9.47 Å². The lowest BCUT2D eigenvalue weighted by atomic mass is 9.68. The monoisotopic (exact) mass is 331 g/mol. The van der Waals surface area contributed by atoms with Gasteiger partial charge in [-0.2, -0.15) is 0 Å². The van der Waals surface area contributed by atoms with Gasteiger partial charge in [0, 0.05) is 24.3 Å². The maximum atomic E-state index is 12.3. The van der Waals surface area contributed by atoms with Crippen LogP contribution in [0.15, 0.2) is 30.0 Å². The molecule has 4 nitrogen and oxygen atoms in total. The fraction of sp³-hybridized carbons (Fsp3) is 0.550. The van der Waals surface area contributed by atoms with Gasteiger partial charge in [-0.15, -0.1) is 0 Å². The molecule has 0 heterocycles. The molecule has 1 saturated carbocycles. The summed E-state index contributed by atoms with van der Waals surface area (Å²) < 4.78 is 10.6. The molecule has 1 aliphatic carbocycles. The van der Waals surface area contributed by atoms with E-state index in [1.165, 1.54) is 0 Å². The van der Waals surface area contributed by atoms with Crippen molar-refractivity contribution in [2.75, 3.05) is 19.5 Å². The van der Waals surface area contributed by atoms with Crippen molar-refractivity contribution in [3.8, 4) is 11.5 Å². The minimum Gasteiger partial charge on any atom is -0.497 e. The van der Waals surface area contributed by atoms with Gasteiger partial charge in [-0.05, 0) is 36.3 Å². The fourth-order valence-corrected chi connectivity index (χ4v) is 3.12. The summed E-state index contributed by atoms with van der Waals surface area (Å²) in [6, 6.07) is 5.59. The number of benzene rings is 1. The third-order valence-corrected chi connectivity index (χ3v) is 5.37. The number of anilines is 1. The van der Waals surface area contributed by atoms with E-state index in [0.29, 0.717) is 18.1 Å². The number of ketones is 1. The summed E-state index contributed by atoms with van der Waals surface area (Å²) in [5, 5.41) is 3.24. The molecule has 0 unspecified atom stereocenters. The normalized spacial score (nSPS) is 20.1. The van der Waals surface area contributed by atoms with E-state index < -0.39 is 0 Å². The number of nitrogens with one attached hydrogen (secondary N) is 1. The Balaban J connectivity index is 2.16. The van der Waals surface area contributed by atoms with Crippen LogP contribution in [0.4, 0.5) is 5.69 Å². The number of carbonyl (C=O) groups is 1. The molecule has 1 fully saturated rings. The summed E-state index contributed by atoms with van der Waals surface area (Å²) in [4.78, 5) is 12.3. The molecule has 1 aromatic carbocycles. The first kappa shape index (κ1) is 18.4. The first-order valence-electron chi connectivity index (χ1n) is 8.62. The van der Waals surface area contributed by atoms with Crippen molar-refractivity contribution in [1.29, 1.82) is 0 Å². The van der Waals surface area contributed by atoms with E-state index in [1.807, 2.05) is 24.4 Å². The van der Waals surface area contributed by atoms with Crippen molar-refractivity contribution in [1.82, 2.24) is 0 Å². The molecule has 4 heteroatoms. The molecule has 0 radical (unpaired) electrons. The largest absolute Gasteiger partial charge is 0.497 e. The number of ether oxygens (including phenoxy) is 2. The van der Waals surface area contributed by atoms with Gasteiger partial charge >= 0.3 is 0 Å². The molecule has 0 bridgehead atoms. The van der Waals surface area contributed by atoms with Crippen LogP contribution in [-0.4, -0.2) is 20.0 Å². The average Bonchev–Trinajstić information content (AvgIpc) is 2.60. The van der Waals surface area contributed by atoms with Gasteiger partial charge < -0.3 is 14.8 Å². The van der Waals surface area contributed by atoms with Gasteiger partial charge in [-0.1, -0.05) is 27.2 Å². The van der Waals surface area contributed by atoms with Gasteiger partial charge in [0.1, 0.15) is 11.5 Å². The Labute approximate surface area is 145 Å². The zero-order chi connectivity index (χ0) is 17.7. The van der Waals surface area contributed by atoms with Crippen molar-refractivity contribution in [3.05, 3.63) is 30.0 Å². The van der Waals surface area contributed by atoms with Crippen LogP contribution >= 0.6 is 0 Å². The number of hydrogen-bond acceptors (Lipinski definition) is 4. The van der Waals surface area contributed by atoms with Crippen LogP contribution in [0.25, 0.3) is 0 Å². The summed E-state index contributed by atoms with van der Waals surface area (Å²) in [7, 11) is 3.25. The highest BCUT2D eigenvalue weighted by Gasteiger charge is 2.33. The van der Waals surface area contributed by atoms with E-state index in [2.05, 4.69) is 26.1 Å².